The lowest BCUT2D eigenvalue weighted by Gasteiger charge is -2.08. The van der Waals surface area contributed by atoms with Crippen LogP contribution in [-0.2, 0) is 0 Å². The number of carbonyl (C=O) groups excluding carboxylic acids is 1. The van der Waals surface area contributed by atoms with Crippen LogP contribution in [0.4, 0.5) is 5.69 Å². The zero-order valence-corrected chi connectivity index (χ0v) is 12.7. The fraction of sp³-hybridized carbons (Fsp3) is 0.0526. The average molecular weight is 304 g/mol. The van der Waals surface area contributed by atoms with Gasteiger partial charge in [-0.1, -0.05) is 18.2 Å². The maximum atomic E-state index is 12.2. The molecule has 4 heteroatoms. The van der Waals surface area contributed by atoms with Gasteiger partial charge >= 0.3 is 0 Å². The minimum absolute atomic E-state index is 0.165. The van der Waals surface area contributed by atoms with E-state index in [1.165, 1.54) is 0 Å². The monoisotopic (exact) mass is 304 g/mol. The van der Waals surface area contributed by atoms with Crippen LogP contribution in [0, 0.1) is 6.92 Å². The Hall–Kier alpha value is -3.14. The van der Waals surface area contributed by atoms with E-state index in [9.17, 15) is 4.79 Å². The van der Waals surface area contributed by atoms with Crippen molar-refractivity contribution in [2.24, 2.45) is 0 Å². The van der Waals surface area contributed by atoms with E-state index in [0.717, 1.165) is 17.1 Å². The smallest absolute Gasteiger partial charge is 0.255 e. The largest absolute Gasteiger partial charge is 0.457 e. The summed E-state index contributed by atoms with van der Waals surface area (Å²) in [6, 6.07) is 20.1. The molecule has 3 rings (SSSR count). The Bertz CT molecular complexity index is 799. The van der Waals surface area contributed by atoms with Crippen LogP contribution in [0.1, 0.15) is 16.1 Å². The summed E-state index contributed by atoms with van der Waals surface area (Å²) in [5.41, 5.74) is 2.15. The topological polar surface area (TPSA) is 51.2 Å². The highest BCUT2D eigenvalue weighted by atomic mass is 16.5. The maximum absolute atomic E-state index is 12.2. The second-order valence-corrected chi connectivity index (χ2v) is 5.08. The van der Waals surface area contributed by atoms with Crippen LogP contribution >= 0.6 is 0 Å². The van der Waals surface area contributed by atoms with Crippen LogP contribution in [0.5, 0.6) is 11.5 Å². The van der Waals surface area contributed by atoms with Crippen molar-refractivity contribution in [1.29, 1.82) is 0 Å². The zero-order valence-electron chi connectivity index (χ0n) is 12.7. The number of rotatable bonds is 4. The Morgan fingerprint density at radius 1 is 0.957 bits per heavy atom. The number of ether oxygens (including phenoxy) is 1. The van der Waals surface area contributed by atoms with Gasteiger partial charge in [0.1, 0.15) is 11.5 Å². The number of aromatic nitrogens is 1. The molecule has 0 spiro atoms. The van der Waals surface area contributed by atoms with Crippen LogP contribution < -0.4 is 10.1 Å². The van der Waals surface area contributed by atoms with Crippen molar-refractivity contribution in [2.75, 3.05) is 5.32 Å². The second-order valence-electron chi connectivity index (χ2n) is 5.08. The predicted molar refractivity (Wildman–Crippen MR) is 89.9 cm³/mol. The second kappa shape index (κ2) is 6.75. The molecule has 0 bridgehead atoms. The van der Waals surface area contributed by atoms with Gasteiger partial charge in [0, 0.05) is 23.1 Å². The first-order chi connectivity index (χ1) is 11.2. The molecule has 1 heterocycles. The molecule has 3 aromatic rings. The van der Waals surface area contributed by atoms with Crippen LogP contribution in [0.3, 0.4) is 0 Å². The van der Waals surface area contributed by atoms with Crippen LogP contribution in [0.25, 0.3) is 0 Å². The Labute approximate surface area is 134 Å². The lowest BCUT2D eigenvalue weighted by atomic mass is 10.2. The number of benzene rings is 2. The fourth-order valence-corrected chi connectivity index (χ4v) is 2.13. The van der Waals surface area contributed by atoms with E-state index < -0.39 is 0 Å². The highest BCUT2D eigenvalue weighted by molar-refractivity contribution is 6.04. The van der Waals surface area contributed by atoms with Crippen molar-refractivity contribution in [2.45, 2.75) is 6.92 Å². The first kappa shape index (κ1) is 14.8. The summed E-state index contributed by atoms with van der Waals surface area (Å²) in [7, 11) is 0. The number of pyridine rings is 1. The number of aryl methyl sites for hydroxylation is 1. The molecule has 114 valence electrons. The fourth-order valence-electron chi connectivity index (χ4n) is 2.13. The maximum Gasteiger partial charge on any atom is 0.255 e. The number of anilines is 1. The minimum Gasteiger partial charge on any atom is -0.457 e. The van der Waals surface area contributed by atoms with Crippen LogP contribution in [-0.4, -0.2) is 10.9 Å². The third kappa shape index (κ3) is 3.95. The van der Waals surface area contributed by atoms with Crippen molar-refractivity contribution >= 4 is 11.6 Å². The molecular formula is C19H16N2O2. The number of hydrogen-bond donors (Lipinski definition) is 1. The van der Waals surface area contributed by atoms with Crippen molar-refractivity contribution in [3.8, 4) is 11.5 Å². The van der Waals surface area contributed by atoms with Gasteiger partial charge in [-0.15, -0.1) is 0 Å². The minimum atomic E-state index is -0.165. The van der Waals surface area contributed by atoms with Crippen molar-refractivity contribution < 1.29 is 9.53 Å². The third-order valence-corrected chi connectivity index (χ3v) is 3.25. The summed E-state index contributed by atoms with van der Waals surface area (Å²) in [4.78, 5) is 16.3. The van der Waals surface area contributed by atoms with E-state index in [1.54, 1.807) is 36.5 Å². The molecule has 0 aliphatic heterocycles. The molecule has 0 fully saturated rings. The van der Waals surface area contributed by atoms with Crippen LogP contribution in [0.15, 0.2) is 72.9 Å². The van der Waals surface area contributed by atoms with E-state index in [-0.39, 0.29) is 5.91 Å². The van der Waals surface area contributed by atoms with Crippen molar-refractivity contribution in [1.82, 2.24) is 4.98 Å². The molecule has 1 N–H and O–H groups in total. The average Bonchev–Trinajstić information content (AvgIpc) is 2.56. The standard InChI is InChI=1S/C19H16N2O2/c1-14-13-16(11-12-20-14)21-19(22)15-7-9-18(10-8-15)23-17-5-3-2-4-6-17/h2-13H,1H3,(H,20,21,22). The van der Waals surface area contributed by atoms with Crippen LogP contribution in [0.2, 0.25) is 0 Å². The Balaban J connectivity index is 1.68. The molecule has 1 aromatic heterocycles. The van der Waals surface area contributed by atoms with Gasteiger partial charge < -0.3 is 10.1 Å². The summed E-state index contributed by atoms with van der Waals surface area (Å²) in [6.07, 6.45) is 1.67. The molecule has 0 atom stereocenters. The molecule has 0 unspecified atom stereocenters. The van der Waals surface area contributed by atoms with E-state index in [4.69, 9.17) is 4.74 Å². The third-order valence-electron chi connectivity index (χ3n) is 3.25. The van der Waals surface area contributed by atoms with Crippen molar-refractivity contribution in [3.63, 3.8) is 0 Å². The van der Waals surface area contributed by atoms with E-state index in [2.05, 4.69) is 10.3 Å². The van der Waals surface area contributed by atoms with Gasteiger partial charge in [-0.25, -0.2) is 0 Å². The molecule has 0 radical (unpaired) electrons. The van der Waals surface area contributed by atoms with Gasteiger partial charge in [0.25, 0.3) is 5.91 Å². The van der Waals surface area contributed by atoms with Gasteiger partial charge in [0.2, 0.25) is 0 Å². The number of carbonyl (C=O) groups is 1. The summed E-state index contributed by atoms with van der Waals surface area (Å²) in [5, 5.41) is 2.85. The highest BCUT2D eigenvalue weighted by Gasteiger charge is 2.07. The summed E-state index contributed by atoms with van der Waals surface area (Å²) >= 11 is 0. The quantitative estimate of drug-likeness (QED) is 0.775. The van der Waals surface area contributed by atoms with E-state index in [0.29, 0.717) is 11.3 Å². The molecule has 0 saturated heterocycles. The van der Waals surface area contributed by atoms with Gasteiger partial charge in [-0.3, -0.25) is 9.78 Å². The zero-order chi connectivity index (χ0) is 16.1. The van der Waals surface area contributed by atoms with Crippen molar-refractivity contribution in [3.05, 3.63) is 84.2 Å². The predicted octanol–water partition coefficient (Wildman–Crippen LogP) is 4.43. The lowest BCUT2D eigenvalue weighted by Crippen LogP contribution is -2.11. The highest BCUT2D eigenvalue weighted by Crippen LogP contribution is 2.21. The normalized spacial score (nSPS) is 10.1. The van der Waals surface area contributed by atoms with Gasteiger partial charge in [0.15, 0.2) is 0 Å². The first-order valence-corrected chi connectivity index (χ1v) is 7.28. The number of amides is 1. The molecule has 0 aliphatic carbocycles. The Kier molecular flexibility index (Phi) is 4.34. The summed E-state index contributed by atoms with van der Waals surface area (Å²) in [5.74, 6) is 1.28. The summed E-state index contributed by atoms with van der Waals surface area (Å²) in [6.45, 7) is 1.88. The SMILES string of the molecule is Cc1cc(NC(=O)c2ccc(Oc3ccccc3)cc2)ccn1. The molecule has 0 saturated carbocycles. The van der Waals surface area contributed by atoms with E-state index >= 15 is 0 Å². The number of hydrogen-bond acceptors (Lipinski definition) is 3. The molecule has 1 amide bonds. The van der Waals surface area contributed by atoms with Gasteiger partial charge in [-0.05, 0) is 55.5 Å². The lowest BCUT2D eigenvalue weighted by molar-refractivity contribution is 0.102. The Morgan fingerprint density at radius 2 is 1.65 bits per heavy atom. The Morgan fingerprint density at radius 3 is 2.35 bits per heavy atom. The number of nitrogens with zero attached hydrogens (tertiary/aromatic N) is 1. The first-order valence-electron chi connectivity index (χ1n) is 7.28. The molecule has 0 aliphatic rings. The number of nitrogens with one attached hydrogen (secondary N) is 1. The van der Waals surface area contributed by atoms with E-state index in [1.807, 2.05) is 43.3 Å². The van der Waals surface area contributed by atoms with Gasteiger partial charge in [-0.2, -0.15) is 0 Å². The molecule has 23 heavy (non-hydrogen) atoms. The number of para-hydroxylation sites is 1. The molecule has 4 nitrogen and oxygen atoms in total. The summed E-state index contributed by atoms with van der Waals surface area (Å²) < 4.78 is 5.71. The molecular weight excluding hydrogens is 288 g/mol. The van der Waals surface area contributed by atoms with Gasteiger partial charge in [0.05, 0.1) is 0 Å². The molecule has 2 aromatic carbocycles.